The quantitative estimate of drug-likeness (QED) is 0.757. The molecule has 2 aliphatic heterocycles. The van der Waals surface area contributed by atoms with E-state index < -0.39 is 0 Å². The Morgan fingerprint density at radius 3 is 2.22 bits per heavy atom. The summed E-state index contributed by atoms with van der Waals surface area (Å²) < 4.78 is 11.8. The van der Waals surface area contributed by atoms with Crippen LogP contribution in [0.4, 0.5) is 0 Å². The van der Waals surface area contributed by atoms with Crippen molar-refractivity contribution in [2.45, 2.75) is 72.5 Å². The van der Waals surface area contributed by atoms with Crippen molar-refractivity contribution in [3.63, 3.8) is 0 Å². The molecule has 2 heterocycles. The molecule has 0 spiro atoms. The fraction of sp³-hybridized carbons (Fsp3) is 1.00. The number of ether oxygens (including phenoxy) is 2. The standard InChI is InChI=1S/C16H30O2/c1-15(2,3)14-7-6-13(18-14)10-16(4,5)12-8-9-17-11-12/h12-14H,6-11H2,1-5H3. The predicted octanol–water partition coefficient (Wildman–Crippen LogP) is 4.03. The average Bonchev–Trinajstić information content (AvgIpc) is 2.83. The van der Waals surface area contributed by atoms with Crippen molar-refractivity contribution in [3.05, 3.63) is 0 Å². The van der Waals surface area contributed by atoms with E-state index in [1.165, 1.54) is 25.7 Å². The van der Waals surface area contributed by atoms with Gasteiger partial charge in [-0.15, -0.1) is 0 Å². The van der Waals surface area contributed by atoms with Crippen LogP contribution in [0.3, 0.4) is 0 Å². The second-order valence-electron chi connectivity index (χ2n) is 7.94. The van der Waals surface area contributed by atoms with Gasteiger partial charge in [0.2, 0.25) is 0 Å². The lowest BCUT2D eigenvalue weighted by atomic mass is 9.74. The number of hydrogen-bond acceptors (Lipinski definition) is 2. The Labute approximate surface area is 112 Å². The highest BCUT2D eigenvalue weighted by atomic mass is 16.5. The molecule has 0 aliphatic carbocycles. The first kappa shape index (κ1) is 14.3. The topological polar surface area (TPSA) is 18.5 Å². The second-order valence-corrected chi connectivity index (χ2v) is 7.94. The number of hydrogen-bond donors (Lipinski definition) is 0. The lowest BCUT2D eigenvalue weighted by molar-refractivity contribution is -0.0376. The minimum atomic E-state index is 0.287. The Balaban J connectivity index is 1.87. The van der Waals surface area contributed by atoms with Crippen LogP contribution in [0.25, 0.3) is 0 Å². The van der Waals surface area contributed by atoms with Crippen LogP contribution >= 0.6 is 0 Å². The predicted molar refractivity (Wildman–Crippen MR) is 74.7 cm³/mol. The van der Waals surface area contributed by atoms with Gasteiger partial charge in [-0.2, -0.15) is 0 Å². The van der Waals surface area contributed by atoms with Gasteiger partial charge in [-0.3, -0.25) is 0 Å². The molecule has 0 amide bonds. The summed E-state index contributed by atoms with van der Waals surface area (Å²) in [5, 5.41) is 0. The molecule has 3 atom stereocenters. The maximum absolute atomic E-state index is 6.28. The van der Waals surface area contributed by atoms with Crippen molar-refractivity contribution in [2.75, 3.05) is 13.2 Å². The second kappa shape index (κ2) is 5.13. The molecule has 0 aromatic carbocycles. The fourth-order valence-corrected chi connectivity index (χ4v) is 3.40. The minimum absolute atomic E-state index is 0.287. The molecular formula is C16H30O2. The monoisotopic (exact) mass is 254 g/mol. The molecule has 0 N–H and O–H groups in total. The molecule has 0 saturated carbocycles. The van der Waals surface area contributed by atoms with Gasteiger partial charge in [0.1, 0.15) is 0 Å². The molecule has 0 bridgehead atoms. The SMILES string of the molecule is CC(C)(C)C1CCC(CC(C)(C)C2CCOC2)O1. The zero-order chi connectivity index (χ0) is 13.4. The van der Waals surface area contributed by atoms with Crippen LogP contribution in [0.1, 0.15) is 60.3 Å². The van der Waals surface area contributed by atoms with Crippen LogP contribution in [-0.2, 0) is 9.47 Å². The molecule has 0 aromatic rings. The van der Waals surface area contributed by atoms with Crippen molar-refractivity contribution >= 4 is 0 Å². The molecular weight excluding hydrogens is 224 g/mol. The van der Waals surface area contributed by atoms with Gasteiger partial charge in [-0.25, -0.2) is 0 Å². The van der Waals surface area contributed by atoms with Crippen molar-refractivity contribution in [2.24, 2.45) is 16.7 Å². The smallest absolute Gasteiger partial charge is 0.0628 e. The molecule has 18 heavy (non-hydrogen) atoms. The highest BCUT2D eigenvalue weighted by molar-refractivity contribution is 4.88. The fourth-order valence-electron chi connectivity index (χ4n) is 3.40. The number of rotatable bonds is 3. The largest absolute Gasteiger partial charge is 0.381 e. The van der Waals surface area contributed by atoms with E-state index in [-0.39, 0.29) is 5.41 Å². The van der Waals surface area contributed by atoms with Gasteiger partial charge < -0.3 is 9.47 Å². The van der Waals surface area contributed by atoms with E-state index in [1.54, 1.807) is 0 Å². The Morgan fingerprint density at radius 1 is 1.00 bits per heavy atom. The van der Waals surface area contributed by atoms with Crippen LogP contribution in [-0.4, -0.2) is 25.4 Å². The van der Waals surface area contributed by atoms with E-state index in [4.69, 9.17) is 9.47 Å². The maximum Gasteiger partial charge on any atom is 0.0628 e. The van der Waals surface area contributed by atoms with Gasteiger partial charge in [-0.05, 0) is 42.4 Å². The van der Waals surface area contributed by atoms with E-state index in [0.717, 1.165) is 19.1 Å². The summed E-state index contributed by atoms with van der Waals surface area (Å²) in [6.45, 7) is 13.5. The molecule has 2 aliphatic rings. The molecule has 2 rings (SSSR count). The van der Waals surface area contributed by atoms with Gasteiger partial charge in [-0.1, -0.05) is 34.6 Å². The van der Waals surface area contributed by atoms with Gasteiger partial charge >= 0.3 is 0 Å². The van der Waals surface area contributed by atoms with E-state index in [0.29, 0.717) is 17.6 Å². The molecule has 106 valence electrons. The van der Waals surface area contributed by atoms with Crippen LogP contribution in [0, 0.1) is 16.7 Å². The van der Waals surface area contributed by atoms with Crippen molar-refractivity contribution < 1.29 is 9.47 Å². The molecule has 3 unspecified atom stereocenters. The third-order valence-electron chi connectivity index (χ3n) is 4.86. The highest BCUT2D eigenvalue weighted by Crippen LogP contribution is 2.42. The first-order valence-electron chi connectivity index (χ1n) is 7.52. The molecule has 2 nitrogen and oxygen atoms in total. The molecule has 2 fully saturated rings. The van der Waals surface area contributed by atoms with E-state index in [9.17, 15) is 0 Å². The van der Waals surface area contributed by atoms with Crippen LogP contribution < -0.4 is 0 Å². The Morgan fingerprint density at radius 2 is 1.72 bits per heavy atom. The van der Waals surface area contributed by atoms with E-state index in [2.05, 4.69) is 34.6 Å². The van der Waals surface area contributed by atoms with E-state index >= 15 is 0 Å². The Bertz CT molecular complexity index is 271. The minimum Gasteiger partial charge on any atom is -0.381 e. The molecule has 2 saturated heterocycles. The van der Waals surface area contributed by atoms with E-state index in [1.807, 2.05) is 0 Å². The van der Waals surface area contributed by atoms with Gasteiger partial charge in [0.15, 0.2) is 0 Å². The van der Waals surface area contributed by atoms with Crippen LogP contribution in [0.2, 0.25) is 0 Å². The molecule has 2 heteroatoms. The lowest BCUT2D eigenvalue weighted by Crippen LogP contribution is -2.31. The van der Waals surface area contributed by atoms with Crippen molar-refractivity contribution in [3.8, 4) is 0 Å². The Kier molecular flexibility index (Phi) is 4.08. The summed E-state index contributed by atoms with van der Waals surface area (Å²) in [4.78, 5) is 0. The summed E-state index contributed by atoms with van der Waals surface area (Å²) in [6.07, 6.45) is 5.78. The van der Waals surface area contributed by atoms with Gasteiger partial charge in [0.05, 0.1) is 12.2 Å². The third kappa shape index (κ3) is 3.27. The first-order valence-corrected chi connectivity index (χ1v) is 7.52. The Hall–Kier alpha value is -0.0800. The average molecular weight is 254 g/mol. The summed E-state index contributed by atoms with van der Waals surface area (Å²) >= 11 is 0. The van der Waals surface area contributed by atoms with Crippen LogP contribution in [0.15, 0.2) is 0 Å². The maximum atomic E-state index is 6.28. The zero-order valence-electron chi connectivity index (χ0n) is 12.8. The summed E-state index contributed by atoms with van der Waals surface area (Å²) in [5.74, 6) is 0.717. The summed E-state index contributed by atoms with van der Waals surface area (Å²) in [6, 6.07) is 0. The summed E-state index contributed by atoms with van der Waals surface area (Å²) in [7, 11) is 0. The van der Waals surface area contributed by atoms with Gasteiger partial charge in [0, 0.05) is 13.2 Å². The third-order valence-corrected chi connectivity index (χ3v) is 4.86. The van der Waals surface area contributed by atoms with Crippen molar-refractivity contribution in [1.82, 2.24) is 0 Å². The van der Waals surface area contributed by atoms with Crippen molar-refractivity contribution in [1.29, 1.82) is 0 Å². The summed E-state index contributed by atoms with van der Waals surface area (Å²) in [5.41, 5.74) is 0.642. The normalized spacial score (nSPS) is 34.2. The first-order chi connectivity index (χ1) is 8.29. The molecule has 0 aromatic heterocycles. The van der Waals surface area contributed by atoms with Crippen LogP contribution in [0.5, 0.6) is 0 Å². The highest BCUT2D eigenvalue weighted by Gasteiger charge is 2.39. The van der Waals surface area contributed by atoms with Gasteiger partial charge in [0.25, 0.3) is 0 Å². The lowest BCUT2D eigenvalue weighted by Gasteiger charge is -2.34. The zero-order valence-corrected chi connectivity index (χ0v) is 12.8. The molecule has 0 radical (unpaired) electrons.